The third kappa shape index (κ3) is 2.00. The van der Waals surface area contributed by atoms with Gasteiger partial charge in [0, 0.05) is 24.2 Å². The zero-order valence-corrected chi connectivity index (χ0v) is 9.03. The number of rotatable bonds is 3. The molecular formula is C9H11N3O2S. The largest absolute Gasteiger partial charge is 0.468 e. The summed E-state index contributed by atoms with van der Waals surface area (Å²) in [6.45, 7) is 0. The molecule has 0 radical (unpaired) electrons. The molecule has 2 heterocycles. The number of imidazole rings is 1. The van der Waals surface area contributed by atoms with E-state index in [4.69, 9.17) is 5.73 Å². The predicted molar refractivity (Wildman–Crippen MR) is 56.8 cm³/mol. The van der Waals surface area contributed by atoms with E-state index >= 15 is 0 Å². The number of hydrogen-bond donors (Lipinski definition) is 1. The smallest absolute Gasteiger partial charge is 0.323 e. The molecule has 0 fully saturated rings. The molecule has 0 bridgehead atoms. The summed E-state index contributed by atoms with van der Waals surface area (Å²) in [5, 5.41) is 1.95. The number of hydrogen-bond acceptors (Lipinski definition) is 5. The van der Waals surface area contributed by atoms with Gasteiger partial charge in [-0.05, 0) is 0 Å². The fraction of sp³-hybridized carbons (Fsp3) is 0.333. The summed E-state index contributed by atoms with van der Waals surface area (Å²) in [4.78, 5) is 16.3. The Hall–Kier alpha value is -1.40. The van der Waals surface area contributed by atoms with Crippen LogP contribution in [-0.4, -0.2) is 28.5 Å². The number of carbonyl (C=O) groups is 1. The zero-order valence-electron chi connectivity index (χ0n) is 8.21. The maximum Gasteiger partial charge on any atom is 0.323 e. The molecule has 1 unspecified atom stereocenters. The van der Waals surface area contributed by atoms with Gasteiger partial charge in [-0.3, -0.25) is 9.20 Å². The average Bonchev–Trinajstić information content (AvgIpc) is 2.76. The van der Waals surface area contributed by atoms with Gasteiger partial charge in [0.1, 0.15) is 6.04 Å². The van der Waals surface area contributed by atoms with E-state index in [1.54, 1.807) is 11.3 Å². The Kier molecular flexibility index (Phi) is 2.70. The summed E-state index contributed by atoms with van der Waals surface area (Å²) in [5.74, 6) is -0.411. The Morgan fingerprint density at radius 2 is 2.60 bits per heavy atom. The molecule has 0 amide bonds. The van der Waals surface area contributed by atoms with Crippen LogP contribution in [0, 0.1) is 0 Å². The highest BCUT2D eigenvalue weighted by Crippen LogP contribution is 2.12. The first-order chi connectivity index (χ1) is 7.20. The normalized spacial score (nSPS) is 12.9. The van der Waals surface area contributed by atoms with Crippen molar-refractivity contribution in [1.29, 1.82) is 0 Å². The number of methoxy groups -OCH3 is 1. The van der Waals surface area contributed by atoms with Crippen molar-refractivity contribution in [2.24, 2.45) is 5.73 Å². The lowest BCUT2D eigenvalue weighted by molar-refractivity contribution is -0.142. The van der Waals surface area contributed by atoms with Crippen LogP contribution < -0.4 is 5.73 Å². The van der Waals surface area contributed by atoms with E-state index in [0.717, 1.165) is 10.7 Å². The number of aromatic nitrogens is 2. The van der Waals surface area contributed by atoms with Crippen LogP contribution in [0.4, 0.5) is 0 Å². The predicted octanol–water partition coefficient (Wildman–Crippen LogP) is 0.439. The maximum absolute atomic E-state index is 11.1. The monoisotopic (exact) mass is 225 g/mol. The van der Waals surface area contributed by atoms with Crippen molar-refractivity contribution in [3.63, 3.8) is 0 Å². The molecule has 5 nitrogen and oxygen atoms in total. The number of nitrogens with zero attached hydrogens (tertiary/aromatic N) is 2. The Balaban J connectivity index is 2.12. The minimum Gasteiger partial charge on any atom is -0.468 e. The van der Waals surface area contributed by atoms with Crippen molar-refractivity contribution < 1.29 is 9.53 Å². The fourth-order valence-corrected chi connectivity index (χ4v) is 2.05. The van der Waals surface area contributed by atoms with Crippen LogP contribution in [0.3, 0.4) is 0 Å². The number of thiazole rings is 1. The molecule has 0 saturated carbocycles. The molecule has 0 aliphatic heterocycles. The van der Waals surface area contributed by atoms with E-state index in [0.29, 0.717) is 6.42 Å². The van der Waals surface area contributed by atoms with Gasteiger partial charge in [0.05, 0.1) is 12.8 Å². The lowest BCUT2D eigenvalue weighted by atomic mass is 10.2. The first-order valence-electron chi connectivity index (χ1n) is 4.45. The van der Waals surface area contributed by atoms with Crippen molar-refractivity contribution in [2.75, 3.05) is 7.11 Å². The van der Waals surface area contributed by atoms with Crippen LogP contribution in [0.25, 0.3) is 4.96 Å². The van der Waals surface area contributed by atoms with Crippen molar-refractivity contribution in [3.05, 3.63) is 23.5 Å². The molecule has 0 spiro atoms. The molecule has 2 aromatic rings. The van der Waals surface area contributed by atoms with Crippen molar-refractivity contribution in [3.8, 4) is 0 Å². The Morgan fingerprint density at radius 1 is 1.80 bits per heavy atom. The summed E-state index contributed by atoms with van der Waals surface area (Å²) < 4.78 is 6.45. The van der Waals surface area contributed by atoms with Gasteiger partial charge in [-0.1, -0.05) is 0 Å². The van der Waals surface area contributed by atoms with Crippen LogP contribution in [-0.2, 0) is 16.0 Å². The van der Waals surface area contributed by atoms with Crippen molar-refractivity contribution in [1.82, 2.24) is 9.38 Å². The molecule has 1 atom stereocenters. The highest BCUT2D eigenvalue weighted by Gasteiger charge is 2.16. The van der Waals surface area contributed by atoms with Crippen molar-refractivity contribution >= 4 is 22.3 Å². The highest BCUT2D eigenvalue weighted by molar-refractivity contribution is 7.15. The van der Waals surface area contributed by atoms with Gasteiger partial charge in [0.25, 0.3) is 0 Å². The number of fused-ring (bicyclic) bond motifs is 1. The second-order valence-corrected chi connectivity index (χ2v) is 4.03. The lowest BCUT2D eigenvalue weighted by Crippen LogP contribution is -2.33. The van der Waals surface area contributed by atoms with Gasteiger partial charge in [0.15, 0.2) is 4.96 Å². The Labute approximate surface area is 90.5 Å². The third-order valence-electron chi connectivity index (χ3n) is 2.08. The van der Waals surface area contributed by atoms with Gasteiger partial charge < -0.3 is 10.5 Å². The topological polar surface area (TPSA) is 69.6 Å². The number of carbonyl (C=O) groups excluding carboxylic acids is 1. The first-order valence-corrected chi connectivity index (χ1v) is 5.33. The third-order valence-corrected chi connectivity index (χ3v) is 2.85. The molecule has 6 heteroatoms. The summed E-state index contributed by atoms with van der Waals surface area (Å²) in [7, 11) is 1.33. The molecule has 0 saturated heterocycles. The van der Waals surface area contributed by atoms with E-state index in [-0.39, 0.29) is 0 Å². The minimum atomic E-state index is -0.639. The molecule has 2 N–H and O–H groups in total. The van der Waals surface area contributed by atoms with E-state index in [1.807, 2.05) is 22.2 Å². The molecule has 0 aromatic carbocycles. The SMILES string of the molecule is COC(=O)C(N)Cc1cn2ccsc2n1. The van der Waals surface area contributed by atoms with Crippen LogP contribution in [0.5, 0.6) is 0 Å². The molecule has 2 aromatic heterocycles. The lowest BCUT2D eigenvalue weighted by Gasteiger charge is -2.05. The average molecular weight is 225 g/mol. The quantitative estimate of drug-likeness (QED) is 0.769. The van der Waals surface area contributed by atoms with Gasteiger partial charge in [0.2, 0.25) is 0 Å². The van der Waals surface area contributed by atoms with E-state index in [9.17, 15) is 4.79 Å². The molecule has 15 heavy (non-hydrogen) atoms. The minimum absolute atomic E-state index is 0.404. The van der Waals surface area contributed by atoms with Crippen LogP contribution in [0.2, 0.25) is 0 Å². The van der Waals surface area contributed by atoms with Gasteiger partial charge in [-0.2, -0.15) is 0 Å². The van der Waals surface area contributed by atoms with Gasteiger partial charge >= 0.3 is 5.97 Å². The fourth-order valence-electron chi connectivity index (χ4n) is 1.33. The zero-order chi connectivity index (χ0) is 10.8. The van der Waals surface area contributed by atoms with Crippen LogP contribution >= 0.6 is 11.3 Å². The van der Waals surface area contributed by atoms with E-state index < -0.39 is 12.0 Å². The summed E-state index contributed by atoms with van der Waals surface area (Å²) in [6.07, 6.45) is 4.19. The van der Waals surface area contributed by atoms with Crippen molar-refractivity contribution in [2.45, 2.75) is 12.5 Å². The van der Waals surface area contributed by atoms with Gasteiger partial charge in [-0.25, -0.2) is 4.98 Å². The second-order valence-electron chi connectivity index (χ2n) is 3.16. The van der Waals surface area contributed by atoms with E-state index in [2.05, 4.69) is 9.72 Å². The molecule has 0 aliphatic carbocycles. The Morgan fingerprint density at radius 3 is 3.27 bits per heavy atom. The number of ether oxygens (including phenoxy) is 1. The number of nitrogens with two attached hydrogens (primary N) is 1. The van der Waals surface area contributed by atoms with Crippen LogP contribution in [0.1, 0.15) is 5.69 Å². The second kappa shape index (κ2) is 4.00. The summed E-state index contributed by atoms with van der Waals surface area (Å²) in [6, 6.07) is -0.639. The molecule has 2 rings (SSSR count). The maximum atomic E-state index is 11.1. The summed E-state index contributed by atoms with van der Waals surface area (Å²) in [5.41, 5.74) is 6.44. The highest BCUT2D eigenvalue weighted by atomic mass is 32.1. The van der Waals surface area contributed by atoms with Crippen LogP contribution in [0.15, 0.2) is 17.8 Å². The van der Waals surface area contributed by atoms with Gasteiger partial charge in [-0.15, -0.1) is 11.3 Å². The molecular weight excluding hydrogens is 214 g/mol. The standard InChI is InChI=1S/C9H11N3O2S/c1-14-8(13)7(10)4-6-5-12-2-3-15-9(12)11-6/h2-3,5,7H,4,10H2,1H3. The van der Waals surface area contributed by atoms with E-state index in [1.165, 1.54) is 7.11 Å². The molecule has 0 aliphatic rings. The first kappa shape index (κ1) is 10.1. The Bertz CT molecular complexity index is 448. The molecule has 80 valence electrons. The summed E-state index contributed by atoms with van der Waals surface area (Å²) >= 11 is 1.54. The number of esters is 1.